The van der Waals surface area contributed by atoms with Gasteiger partial charge in [0.15, 0.2) is 0 Å². The van der Waals surface area contributed by atoms with Gasteiger partial charge in [-0.1, -0.05) is 29.8 Å². The first-order chi connectivity index (χ1) is 10.6. The molecule has 1 N–H and O–H groups in total. The van der Waals surface area contributed by atoms with Crippen LogP contribution in [0.2, 0.25) is 5.02 Å². The van der Waals surface area contributed by atoms with Crippen LogP contribution in [0.25, 0.3) is 0 Å². The predicted octanol–water partition coefficient (Wildman–Crippen LogP) is 1.39. The summed E-state index contributed by atoms with van der Waals surface area (Å²) in [4.78, 5) is 26.6. The average molecular weight is 319 g/mol. The quantitative estimate of drug-likeness (QED) is 0.910. The van der Waals surface area contributed by atoms with E-state index >= 15 is 0 Å². The largest absolute Gasteiger partial charge is 0.352 e. The van der Waals surface area contributed by atoms with E-state index in [2.05, 4.69) is 10.4 Å². The number of piperazine rings is 1. The third-order valence-electron chi connectivity index (χ3n) is 3.62. The molecule has 0 aliphatic carbocycles. The van der Waals surface area contributed by atoms with E-state index in [0.717, 1.165) is 0 Å². The van der Waals surface area contributed by atoms with Crippen molar-refractivity contribution in [2.45, 2.75) is 6.04 Å². The zero-order valence-electron chi connectivity index (χ0n) is 12.0. The zero-order chi connectivity index (χ0) is 15.7. The number of carbonyl (C=O) groups excluding carboxylic acids is 2. The van der Waals surface area contributed by atoms with Crippen molar-refractivity contribution in [3.63, 3.8) is 0 Å². The van der Waals surface area contributed by atoms with E-state index in [4.69, 9.17) is 11.6 Å². The molecule has 0 spiro atoms. The Morgan fingerprint density at radius 3 is 2.86 bits per heavy atom. The maximum absolute atomic E-state index is 12.7. The Balaban J connectivity index is 1.99. The topological polar surface area (TPSA) is 67.2 Å². The van der Waals surface area contributed by atoms with Crippen LogP contribution >= 0.6 is 11.6 Å². The maximum atomic E-state index is 12.7. The van der Waals surface area contributed by atoms with E-state index in [1.165, 1.54) is 11.1 Å². The molecule has 1 saturated heterocycles. The van der Waals surface area contributed by atoms with Gasteiger partial charge < -0.3 is 10.2 Å². The molecular weight excluding hydrogens is 304 g/mol. The lowest BCUT2D eigenvalue weighted by Gasteiger charge is -2.35. The lowest BCUT2D eigenvalue weighted by molar-refractivity contribution is -0.128. The molecule has 2 heterocycles. The highest BCUT2D eigenvalue weighted by atomic mass is 35.5. The molecular formula is C15H15ClN4O2. The molecule has 114 valence electrons. The Bertz CT molecular complexity index is 728. The molecule has 0 bridgehead atoms. The molecule has 1 aliphatic rings. The summed E-state index contributed by atoms with van der Waals surface area (Å²) in [6, 6.07) is 6.35. The predicted molar refractivity (Wildman–Crippen MR) is 81.4 cm³/mol. The molecule has 2 aromatic rings. The van der Waals surface area contributed by atoms with Crippen molar-refractivity contribution >= 4 is 23.4 Å². The smallest absolute Gasteiger partial charge is 0.258 e. The molecule has 1 fully saturated rings. The minimum atomic E-state index is -0.727. The van der Waals surface area contributed by atoms with Crippen LogP contribution < -0.4 is 5.32 Å². The molecule has 1 atom stereocenters. The molecule has 1 unspecified atom stereocenters. The van der Waals surface area contributed by atoms with Crippen molar-refractivity contribution in [2.24, 2.45) is 7.05 Å². The number of aryl methyl sites for hydroxylation is 1. The van der Waals surface area contributed by atoms with Gasteiger partial charge in [-0.2, -0.15) is 5.10 Å². The van der Waals surface area contributed by atoms with Gasteiger partial charge in [0.1, 0.15) is 6.04 Å². The molecule has 2 amide bonds. The van der Waals surface area contributed by atoms with Crippen LogP contribution in [0.1, 0.15) is 22.0 Å². The number of amides is 2. The number of hydrogen-bond acceptors (Lipinski definition) is 3. The second-order valence-corrected chi connectivity index (χ2v) is 5.52. The number of benzene rings is 1. The van der Waals surface area contributed by atoms with E-state index in [1.807, 2.05) is 0 Å². The maximum Gasteiger partial charge on any atom is 0.258 e. The van der Waals surface area contributed by atoms with E-state index in [9.17, 15) is 9.59 Å². The SMILES string of the molecule is Cn1cc(C(=O)N2CCNC(=O)C2c2ccccc2Cl)cn1. The second-order valence-electron chi connectivity index (χ2n) is 5.12. The van der Waals surface area contributed by atoms with Crippen LogP contribution in [0.15, 0.2) is 36.7 Å². The summed E-state index contributed by atoms with van der Waals surface area (Å²) in [5, 5.41) is 7.26. The van der Waals surface area contributed by atoms with E-state index < -0.39 is 6.04 Å². The third-order valence-corrected chi connectivity index (χ3v) is 3.97. The van der Waals surface area contributed by atoms with Gasteiger partial charge in [-0.15, -0.1) is 0 Å². The molecule has 22 heavy (non-hydrogen) atoms. The second kappa shape index (κ2) is 5.81. The first kappa shape index (κ1) is 14.6. The van der Waals surface area contributed by atoms with E-state index in [-0.39, 0.29) is 11.8 Å². The monoisotopic (exact) mass is 318 g/mol. The normalized spacial score (nSPS) is 18.2. The Kier molecular flexibility index (Phi) is 3.85. The molecule has 1 aromatic carbocycles. The summed E-state index contributed by atoms with van der Waals surface area (Å²) >= 11 is 6.21. The van der Waals surface area contributed by atoms with Crippen LogP contribution in [0.4, 0.5) is 0 Å². The molecule has 1 aromatic heterocycles. The lowest BCUT2D eigenvalue weighted by Crippen LogP contribution is -2.52. The van der Waals surface area contributed by atoms with Gasteiger partial charge >= 0.3 is 0 Å². The standard InChI is InChI=1S/C15H15ClN4O2/c1-19-9-10(8-18-19)15(22)20-7-6-17-14(21)13(20)11-4-2-3-5-12(11)16/h2-5,8-9,13H,6-7H2,1H3,(H,17,21). The number of carbonyl (C=O) groups is 2. The van der Waals surface area contributed by atoms with Crippen LogP contribution in [0.3, 0.4) is 0 Å². The number of rotatable bonds is 2. The summed E-state index contributed by atoms with van der Waals surface area (Å²) in [7, 11) is 1.74. The molecule has 1 aliphatic heterocycles. The minimum absolute atomic E-state index is 0.225. The van der Waals surface area contributed by atoms with Crippen LogP contribution in [0, 0.1) is 0 Å². The van der Waals surface area contributed by atoms with Gasteiger partial charge in [0.2, 0.25) is 5.91 Å². The highest BCUT2D eigenvalue weighted by molar-refractivity contribution is 6.31. The number of aromatic nitrogens is 2. The van der Waals surface area contributed by atoms with E-state index in [0.29, 0.717) is 29.2 Å². The van der Waals surface area contributed by atoms with Gasteiger partial charge in [-0.05, 0) is 6.07 Å². The molecule has 3 rings (SSSR count). The number of nitrogens with zero attached hydrogens (tertiary/aromatic N) is 3. The van der Waals surface area contributed by atoms with Gasteiger partial charge in [0.05, 0.1) is 11.8 Å². The summed E-state index contributed by atoms with van der Waals surface area (Å²) in [5.74, 6) is -0.454. The van der Waals surface area contributed by atoms with Crippen molar-refractivity contribution in [2.75, 3.05) is 13.1 Å². The highest BCUT2D eigenvalue weighted by Gasteiger charge is 2.36. The minimum Gasteiger partial charge on any atom is -0.352 e. The Labute approximate surface area is 132 Å². The van der Waals surface area contributed by atoms with Crippen molar-refractivity contribution in [3.05, 3.63) is 52.8 Å². The summed E-state index contributed by atoms with van der Waals surface area (Å²) in [6.45, 7) is 0.848. The Morgan fingerprint density at radius 1 is 1.41 bits per heavy atom. The van der Waals surface area contributed by atoms with Crippen LogP contribution in [-0.2, 0) is 11.8 Å². The van der Waals surface area contributed by atoms with Crippen molar-refractivity contribution in [3.8, 4) is 0 Å². The van der Waals surface area contributed by atoms with Gasteiger partial charge in [-0.3, -0.25) is 14.3 Å². The van der Waals surface area contributed by atoms with Gasteiger partial charge in [0.25, 0.3) is 5.91 Å². The third kappa shape index (κ3) is 2.57. The molecule has 0 saturated carbocycles. The molecule has 0 radical (unpaired) electrons. The summed E-state index contributed by atoms with van der Waals surface area (Å²) in [5.41, 5.74) is 1.08. The van der Waals surface area contributed by atoms with Crippen LogP contribution in [-0.4, -0.2) is 39.6 Å². The number of nitrogens with one attached hydrogen (secondary N) is 1. The molecule has 7 heteroatoms. The Morgan fingerprint density at radius 2 is 2.18 bits per heavy atom. The van der Waals surface area contributed by atoms with Crippen molar-refractivity contribution in [1.29, 1.82) is 0 Å². The number of hydrogen-bond donors (Lipinski definition) is 1. The Hall–Kier alpha value is -2.34. The van der Waals surface area contributed by atoms with Gasteiger partial charge in [0, 0.05) is 36.9 Å². The number of halogens is 1. The fraction of sp³-hybridized carbons (Fsp3) is 0.267. The summed E-state index contributed by atoms with van der Waals surface area (Å²) < 4.78 is 1.56. The average Bonchev–Trinajstić information content (AvgIpc) is 2.94. The van der Waals surface area contributed by atoms with Crippen molar-refractivity contribution < 1.29 is 9.59 Å². The first-order valence-corrected chi connectivity index (χ1v) is 7.27. The van der Waals surface area contributed by atoms with E-state index in [1.54, 1.807) is 42.2 Å². The summed E-state index contributed by atoms with van der Waals surface area (Å²) in [6.07, 6.45) is 3.14. The van der Waals surface area contributed by atoms with Crippen molar-refractivity contribution in [1.82, 2.24) is 20.0 Å². The van der Waals surface area contributed by atoms with Gasteiger partial charge in [-0.25, -0.2) is 0 Å². The fourth-order valence-electron chi connectivity index (χ4n) is 2.59. The zero-order valence-corrected chi connectivity index (χ0v) is 12.7. The highest BCUT2D eigenvalue weighted by Crippen LogP contribution is 2.30. The van der Waals surface area contributed by atoms with Crippen LogP contribution in [0.5, 0.6) is 0 Å². The first-order valence-electron chi connectivity index (χ1n) is 6.89. The molecule has 6 nitrogen and oxygen atoms in total. The lowest BCUT2D eigenvalue weighted by atomic mass is 10.0. The fourth-order valence-corrected chi connectivity index (χ4v) is 2.83.